The molecular formula is C61H40BN3. The van der Waals surface area contributed by atoms with Gasteiger partial charge in [-0.15, -0.1) is 0 Å². The Balaban J connectivity index is 1.16. The molecule has 0 amide bonds. The average molecular weight is 826 g/mol. The first-order valence-electron chi connectivity index (χ1n) is 22.2. The summed E-state index contributed by atoms with van der Waals surface area (Å²) in [6.45, 7) is -0.100. The van der Waals surface area contributed by atoms with E-state index in [1.54, 1.807) is 0 Å². The Morgan fingerprint density at radius 3 is 1.06 bits per heavy atom. The Labute approximate surface area is 380 Å². The normalized spacial score (nSPS) is 12.2. The number of hydrogen-bond acceptors (Lipinski definition) is 3. The van der Waals surface area contributed by atoms with Gasteiger partial charge in [0, 0.05) is 34.1 Å². The highest BCUT2D eigenvalue weighted by atomic mass is 15.2. The van der Waals surface area contributed by atoms with E-state index in [1.165, 1.54) is 60.9 Å². The molecule has 0 saturated heterocycles. The standard InChI is InChI=1S/C61H40BN3/c63-41-42-14-13-23-49(36-42)52-39-59-61-60(40-52)65(54-32-26-48(27-33-54)44-17-7-2-8-18-44)58-35-29-51(46-21-11-4-12-22-46)38-56(58)62(61)55-37-50(45-19-9-3-10-20-45)28-34-57(55)64(59)53-30-24-47(25-31-53)43-15-5-1-6-16-43/h1-40H. The van der Waals surface area contributed by atoms with E-state index in [0.717, 1.165) is 45.3 Å². The third kappa shape index (κ3) is 6.70. The summed E-state index contributed by atoms with van der Waals surface area (Å²) in [4.78, 5) is 4.93. The van der Waals surface area contributed by atoms with Gasteiger partial charge >= 0.3 is 0 Å². The molecule has 0 atom stereocenters. The van der Waals surface area contributed by atoms with Gasteiger partial charge in [0.15, 0.2) is 0 Å². The lowest BCUT2D eigenvalue weighted by Gasteiger charge is -2.44. The summed E-state index contributed by atoms with van der Waals surface area (Å²) < 4.78 is 0. The van der Waals surface area contributed by atoms with Crippen molar-refractivity contribution in [3.05, 3.63) is 248 Å². The van der Waals surface area contributed by atoms with Crippen molar-refractivity contribution in [1.29, 1.82) is 5.26 Å². The van der Waals surface area contributed by atoms with Crippen molar-refractivity contribution in [3.8, 4) is 61.7 Å². The fourth-order valence-corrected chi connectivity index (χ4v) is 9.98. The summed E-state index contributed by atoms with van der Waals surface area (Å²) in [7, 11) is 0. The topological polar surface area (TPSA) is 30.3 Å². The van der Waals surface area contributed by atoms with E-state index in [9.17, 15) is 5.26 Å². The monoisotopic (exact) mass is 825 g/mol. The van der Waals surface area contributed by atoms with Crippen LogP contribution in [0.4, 0.5) is 34.1 Å². The molecule has 0 fully saturated rings. The number of fused-ring (bicyclic) bond motifs is 4. The molecule has 3 nitrogen and oxygen atoms in total. The second-order valence-corrected chi connectivity index (χ2v) is 16.8. The first-order valence-corrected chi connectivity index (χ1v) is 22.2. The maximum atomic E-state index is 10.1. The maximum absolute atomic E-state index is 10.1. The van der Waals surface area contributed by atoms with Crippen LogP contribution in [0.15, 0.2) is 243 Å². The van der Waals surface area contributed by atoms with Crippen LogP contribution in [0.25, 0.3) is 55.6 Å². The van der Waals surface area contributed by atoms with Crippen LogP contribution in [-0.4, -0.2) is 6.71 Å². The lowest BCUT2D eigenvalue weighted by molar-refractivity contribution is 1.25. The highest BCUT2D eigenvalue weighted by Crippen LogP contribution is 2.47. The summed E-state index contributed by atoms with van der Waals surface area (Å²) in [5, 5.41) is 10.1. The summed E-state index contributed by atoms with van der Waals surface area (Å²) >= 11 is 0. The SMILES string of the molecule is N#Cc1cccc(-c2cc3c4c(c2)N(c2ccc(-c5ccccc5)cc2)c2ccc(-c5ccccc5)cc2B4c2cc(-c4ccccc4)ccc2N3c2ccc(-c3ccccc3)cc2)c1. The number of nitrogens with zero attached hydrogens (tertiary/aromatic N) is 3. The number of nitriles is 1. The van der Waals surface area contributed by atoms with E-state index in [-0.39, 0.29) is 6.71 Å². The number of benzene rings is 10. The molecular weight excluding hydrogens is 786 g/mol. The van der Waals surface area contributed by atoms with Crippen LogP contribution in [0.3, 0.4) is 0 Å². The van der Waals surface area contributed by atoms with Gasteiger partial charge in [0.2, 0.25) is 0 Å². The minimum Gasteiger partial charge on any atom is -0.311 e. The fraction of sp³-hybridized carbons (Fsp3) is 0. The van der Waals surface area contributed by atoms with Crippen molar-refractivity contribution >= 4 is 57.2 Å². The molecule has 2 aliphatic heterocycles. The number of rotatable bonds is 7. The van der Waals surface area contributed by atoms with Crippen LogP contribution in [-0.2, 0) is 0 Å². The first kappa shape index (κ1) is 38.1. The van der Waals surface area contributed by atoms with Crippen LogP contribution in [0.5, 0.6) is 0 Å². The Morgan fingerprint density at radius 1 is 0.292 bits per heavy atom. The highest BCUT2D eigenvalue weighted by Gasteiger charge is 2.44. The second-order valence-electron chi connectivity index (χ2n) is 16.8. The van der Waals surface area contributed by atoms with Crippen molar-refractivity contribution in [1.82, 2.24) is 0 Å². The molecule has 65 heavy (non-hydrogen) atoms. The molecule has 2 heterocycles. The Hall–Kier alpha value is -8.65. The quantitative estimate of drug-likeness (QED) is 0.150. The Bertz CT molecular complexity index is 3220. The Morgan fingerprint density at radius 2 is 0.646 bits per heavy atom. The molecule has 2 aliphatic rings. The maximum Gasteiger partial charge on any atom is 0.252 e. The molecule has 0 spiro atoms. The summed E-state index contributed by atoms with van der Waals surface area (Å²) in [5.41, 5.74) is 22.5. The van der Waals surface area contributed by atoms with E-state index in [2.05, 4.69) is 240 Å². The zero-order valence-corrected chi connectivity index (χ0v) is 35.5. The molecule has 302 valence electrons. The predicted octanol–water partition coefficient (Wildman–Crippen LogP) is 14.0. The minimum absolute atomic E-state index is 0.100. The van der Waals surface area contributed by atoms with Crippen LogP contribution >= 0.6 is 0 Å². The lowest BCUT2D eigenvalue weighted by atomic mass is 9.33. The molecule has 0 bridgehead atoms. The summed E-state index contributed by atoms with van der Waals surface area (Å²) in [6.07, 6.45) is 0. The van der Waals surface area contributed by atoms with Gasteiger partial charge in [-0.05, 0) is 133 Å². The molecule has 0 N–H and O–H groups in total. The summed E-state index contributed by atoms with van der Waals surface area (Å²) in [6, 6.07) is 89.8. The van der Waals surface area contributed by atoms with Crippen LogP contribution in [0, 0.1) is 11.3 Å². The molecule has 12 rings (SSSR count). The van der Waals surface area contributed by atoms with Gasteiger partial charge < -0.3 is 9.80 Å². The largest absolute Gasteiger partial charge is 0.311 e. The van der Waals surface area contributed by atoms with Gasteiger partial charge in [0.05, 0.1) is 11.6 Å². The van der Waals surface area contributed by atoms with E-state index < -0.39 is 0 Å². The van der Waals surface area contributed by atoms with Crippen LogP contribution in [0.2, 0.25) is 0 Å². The number of hydrogen-bond donors (Lipinski definition) is 0. The lowest BCUT2D eigenvalue weighted by Crippen LogP contribution is -2.61. The first-order chi connectivity index (χ1) is 32.2. The smallest absolute Gasteiger partial charge is 0.252 e. The third-order valence-corrected chi connectivity index (χ3v) is 13.1. The average Bonchev–Trinajstić information content (AvgIpc) is 3.39. The minimum atomic E-state index is -0.100. The van der Waals surface area contributed by atoms with Crippen molar-refractivity contribution in [2.75, 3.05) is 9.80 Å². The van der Waals surface area contributed by atoms with Crippen molar-refractivity contribution in [2.45, 2.75) is 0 Å². The number of anilines is 6. The van der Waals surface area contributed by atoms with Crippen molar-refractivity contribution in [2.24, 2.45) is 0 Å². The Kier molecular flexibility index (Phi) is 9.32. The molecule has 4 heteroatoms. The highest BCUT2D eigenvalue weighted by molar-refractivity contribution is 7.00. The fourth-order valence-electron chi connectivity index (χ4n) is 9.98. The third-order valence-electron chi connectivity index (χ3n) is 13.1. The van der Waals surface area contributed by atoms with Crippen molar-refractivity contribution < 1.29 is 0 Å². The second kappa shape index (κ2) is 15.9. The zero-order valence-electron chi connectivity index (χ0n) is 35.5. The van der Waals surface area contributed by atoms with Gasteiger partial charge in [0.25, 0.3) is 6.71 Å². The van der Waals surface area contributed by atoms with E-state index >= 15 is 0 Å². The van der Waals surface area contributed by atoms with E-state index in [0.29, 0.717) is 5.56 Å². The van der Waals surface area contributed by atoms with Gasteiger partial charge in [-0.1, -0.05) is 182 Å². The van der Waals surface area contributed by atoms with Gasteiger partial charge in [0.1, 0.15) is 0 Å². The van der Waals surface area contributed by atoms with Crippen LogP contribution in [0.1, 0.15) is 5.56 Å². The molecule has 10 aromatic carbocycles. The van der Waals surface area contributed by atoms with Gasteiger partial charge in [-0.3, -0.25) is 0 Å². The van der Waals surface area contributed by atoms with Gasteiger partial charge in [-0.25, -0.2) is 0 Å². The van der Waals surface area contributed by atoms with Crippen LogP contribution < -0.4 is 26.2 Å². The summed E-state index contributed by atoms with van der Waals surface area (Å²) in [5.74, 6) is 0. The van der Waals surface area contributed by atoms with Gasteiger partial charge in [-0.2, -0.15) is 5.26 Å². The molecule has 0 aromatic heterocycles. The van der Waals surface area contributed by atoms with E-state index in [1.807, 2.05) is 18.2 Å². The van der Waals surface area contributed by atoms with E-state index in [4.69, 9.17) is 0 Å². The molecule has 0 radical (unpaired) electrons. The molecule has 10 aromatic rings. The molecule has 0 aliphatic carbocycles. The zero-order chi connectivity index (χ0) is 43.3. The molecule has 0 unspecified atom stereocenters. The predicted molar refractivity (Wildman–Crippen MR) is 272 cm³/mol. The van der Waals surface area contributed by atoms with Crippen molar-refractivity contribution in [3.63, 3.8) is 0 Å². The molecule has 0 saturated carbocycles.